The number of rotatable bonds is 4. The molecule has 2 aromatic rings. The van der Waals surface area contributed by atoms with Crippen LogP contribution in [-0.4, -0.2) is 8.42 Å². The topological polar surface area (TPSA) is 70.0 Å². The number of anilines is 1. The van der Waals surface area contributed by atoms with E-state index in [0.29, 0.717) is 10.7 Å². The largest absolute Gasteiger partial charge is 0.359 e. The van der Waals surface area contributed by atoms with Crippen molar-refractivity contribution < 1.29 is 8.42 Å². The van der Waals surface area contributed by atoms with Gasteiger partial charge >= 0.3 is 0 Å². The first-order chi connectivity index (χ1) is 10.4. The third kappa shape index (κ3) is 3.69. The van der Waals surface area contributed by atoms with Crippen LogP contribution in [0.3, 0.4) is 0 Å². The van der Waals surface area contributed by atoms with E-state index >= 15 is 0 Å². The van der Waals surface area contributed by atoms with Gasteiger partial charge < -0.3 is 5.32 Å². The summed E-state index contributed by atoms with van der Waals surface area (Å²) < 4.78 is 25.5. The average Bonchev–Trinajstić information content (AvgIpc) is 2.50. The Kier molecular flexibility index (Phi) is 5.24. The molecule has 22 heavy (non-hydrogen) atoms. The second-order valence-electron chi connectivity index (χ2n) is 4.20. The minimum absolute atomic E-state index is 0.0126. The molecule has 0 aliphatic heterocycles. The van der Waals surface area contributed by atoms with Crippen molar-refractivity contribution in [3.05, 3.63) is 69.1 Å². The van der Waals surface area contributed by atoms with Gasteiger partial charge in [-0.15, -0.1) is 0 Å². The molecule has 0 heterocycles. The highest BCUT2D eigenvalue weighted by molar-refractivity contribution is 9.10. The van der Waals surface area contributed by atoms with Crippen molar-refractivity contribution >= 4 is 43.1 Å². The molecule has 2 aromatic carbocycles. The SMILES string of the molecule is N#C/C(=C/Nc1ccccc1Br)S(=O)(=O)c1ccc(Cl)cc1. The lowest BCUT2D eigenvalue weighted by molar-refractivity contribution is 0.603. The second kappa shape index (κ2) is 6.97. The number of nitrogens with zero attached hydrogens (tertiary/aromatic N) is 1. The third-order valence-corrected chi connectivity index (χ3v) is 5.38. The minimum atomic E-state index is -3.89. The molecule has 0 radical (unpaired) electrons. The van der Waals surface area contributed by atoms with Gasteiger partial charge in [0.05, 0.1) is 10.6 Å². The van der Waals surface area contributed by atoms with E-state index in [1.165, 1.54) is 30.5 Å². The molecule has 7 heteroatoms. The van der Waals surface area contributed by atoms with Crippen molar-refractivity contribution in [3.63, 3.8) is 0 Å². The zero-order valence-electron chi connectivity index (χ0n) is 11.1. The van der Waals surface area contributed by atoms with Gasteiger partial charge in [-0.3, -0.25) is 0 Å². The Balaban J connectivity index is 2.35. The first-order valence-corrected chi connectivity index (χ1v) is 8.72. The molecule has 0 aliphatic carbocycles. The molecule has 0 amide bonds. The fourth-order valence-corrected chi connectivity index (χ4v) is 3.24. The van der Waals surface area contributed by atoms with E-state index in [4.69, 9.17) is 16.9 Å². The predicted octanol–water partition coefficient (Wildman–Crippen LogP) is 4.35. The van der Waals surface area contributed by atoms with Crippen LogP contribution in [0, 0.1) is 11.3 Å². The Bertz CT molecular complexity index is 856. The molecule has 0 aromatic heterocycles. The summed E-state index contributed by atoms with van der Waals surface area (Å²) >= 11 is 9.07. The molecule has 0 saturated heterocycles. The van der Waals surface area contributed by atoms with Crippen LogP contribution in [0.15, 0.2) is 69.0 Å². The van der Waals surface area contributed by atoms with Crippen molar-refractivity contribution in [2.45, 2.75) is 4.90 Å². The van der Waals surface area contributed by atoms with E-state index in [1.54, 1.807) is 24.3 Å². The van der Waals surface area contributed by atoms with E-state index in [0.717, 1.165) is 4.47 Å². The highest BCUT2D eigenvalue weighted by Gasteiger charge is 2.20. The summed E-state index contributed by atoms with van der Waals surface area (Å²) in [7, 11) is -3.89. The van der Waals surface area contributed by atoms with Crippen LogP contribution in [0.1, 0.15) is 0 Å². The smallest absolute Gasteiger partial charge is 0.218 e. The van der Waals surface area contributed by atoms with Crippen LogP contribution in [0.25, 0.3) is 0 Å². The Hall–Kier alpha value is -1.81. The average molecular weight is 398 g/mol. The maximum atomic E-state index is 12.4. The molecule has 1 N–H and O–H groups in total. The van der Waals surface area contributed by atoms with Gasteiger partial charge in [-0.1, -0.05) is 23.7 Å². The van der Waals surface area contributed by atoms with Crippen LogP contribution in [0.5, 0.6) is 0 Å². The monoisotopic (exact) mass is 396 g/mol. The second-order valence-corrected chi connectivity index (χ2v) is 7.41. The van der Waals surface area contributed by atoms with Crippen molar-refractivity contribution in [3.8, 4) is 6.07 Å². The Morgan fingerprint density at radius 3 is 2.41 bits per heavy atom. The molecule has 0 aliphatic rings. The first-order valence-electron chi connectivity index (χ1n) is 6.07. The van der Waals surface area contributed by atoms with E-state index in [-0.39, 0.29) is 9.80 Å². The maximum absolute atomic E-state index is 12.4. The predicted molar refractivity (Wildman–Crippen MR) is 90.1 cm³/mol. The van der Waals surface area contributed by atoms with Crippen LogP contribution in [0.2, 0.25) is 5.02 Å². The van der Waals surface area contributed by atoms with Crippen molar-refractivity contribution in [2.24, 2.45) is 0 Å². The summed E-state index contributed by atoms with van der Waals surface area (Å²) in [6.45, 7) is 0. The number of benzene rings is 2. The number of hydrogen-bond acceptors (Lipinski definition) is 4. The van der Waals surface area contributed by atoms with Crippen molar-refractivity contribution in [1.82, 2.24) is 0 Å². The molecule has 0 fully saturated rings. The summed E-state index contributed by atoms with van der Waals surface area (Å²) in [5, 5.41) is 12.4. The normalized spacial score (nSPS) is 11.8. The van der Waals surface area contributed by atoms with E-state index in [1.807, 2.05) is 6.07 Å². The molecule has 0 bridgehead atoms. The van der Waals surface area contributed by atoms with E-state index in [2.05, 4.69) is 21.2 Å². The lowest BCUT2D eigenvalue weighted by Gasteiger charge is -2.06. The highest BCUT2D eigenvalue weighted by atomic mass is 79.9. The van der Waals surface area contributed by atoms with Gasteiger partial charge in [-0.25, -0.2) is 8.42 Å². The summed E-state index contributed by atoms with van der Waals surface area (Å²) in [5.41, 5.74) is 0.654. The lowest BCUT2D eigenvalue weighted by atomic mass is 10.3. The molecular formula is C15H10BrClN2O2S. The standard InChI is InChI=1S/C15H10BrClN2O2S/c16-14-3-1-2-4-15(14)19-10-13(9-18)22(20,21)12-7-5-11(17)6-8-12/h1-8,10,19H/b13-10-. The van der Waals surface area contributed by atoms with E-state index < -0.39 is 9.84 Å². The van der Waals surface area contributed by atoms with Crippen molar-refractivity contribution in [1.29, 1.82) is 5.26 Å². The molecular weight excluding hydrogens is 388 g/mol. The molecule has 0 unspecified atom stereocenters. The van der Waals surface area contributed by atoms with Gasteiger partial charge in [0.25, 0.3) is 0 Å². The zero-order chi connectivity index (χ0) is 16.2. The highest BCUT2D eigenvalue weighted by Crippen LogP contribution is 2.24. The number of halogens is 2. The number of nitrogens with one attached hydrogen (secondary N) is 1. The molecule has 2 rings (SSSR count). The summed E-state index contributed by atoms with van der Waals surface area (Å²) in [6, 6.07) is 14.5. The molecule has 0 atom stereocenters. The van der Waals surface area contributed by atoms with Gasteiger partial charge in [0.1, 0.15) is 6.07 Å². The minimum Gasteiger partial charge on any atom is -0.359 e. The van der Waals surface area contributed by atoms with Crippen LogP contribution in [-0.2, 0) is 9.84 Å². The molecule has 4 nitrogen and oxygen atoms in total. The zero-order valence-corrected chi connectivity index (χ0v) is 14.3. The van der Waals surface area contributed by atoms with Crippen LogP contribution in [0.4, 0.5) is 5.69 Å². The maximum Gasteiger partial charge on any atom is 0.218 e. The number of allylic oxidation sites excluding steroid dienone is 1. The van der Waals surface area contributed by atoms with Gasteiger partial charge in [0, 0.05) is 15.7 Å². The molecule has 0 spiro atoms. The Labute approximate surface area is 142 Å². The van der Waals surface area contributed by atoms with Crippen molar-refractivity contribution in [2.75, 3.05) is 5.32 Å². The van der Waals surface area contributed by atoms with Crippen LogP contribution < -0.4 is 5.32 Å². The number of nitriles is 1. The van der Waals surface area contributed by atoms with Crippen LogP contribution >= 0.6 is 27.5 Å². The summed E-state index contributed by atoms with van der Waals surface area (Å²) in [6.07, 6.45) is 1.17. The van der Waals surface area contributed by atoms with Gasteiger partial charge in [-0.2, -0.15) is 5.26 Å². The Morgan fingerprint density at radius 1 is 1.18 bits per heavy atom. The third-order valence-electron chi connectivity index (χ3n) is 2.76. The lowest BCUT2D eigenvalue weighted by Crippen LogP contribution is -2.05. The van der Waals surface area contributed by atoms with Gasteiger partial charge in [0.15, 0.2) is 4.91 Å². The molecule has 0 saturated carbocycles. The number of sulfone groups is 1. The number of hydrogen-bond donors (Lipinski definition) is 1. The first kappa shape index (κ1) is 16.6. The molecule has 112 valence electrons. The number of para-hydroxylation sites is 1. The van der Waals surface area contributed by atoms with E-state index in [9.17, 15) is 8.42 Å². The van der Waals surface area contributed by atoms with Gasteiger partial charge in [0.2, 0.25) is 9.84 Å². The van der Waals surface area contributed by atoms with Gasteiger partial charge in [-0.05, 0) is 52.3 Å². The quantitative estimate of drug-likeness (QED) is 0.779. The summed E-state index contributed by atoms with van der Waals surface area (Å²) in [5.74, 6) is 0. The fraction of sp³-hybridized carbons (Fsp3) is 0. The summed E-state index contributed by atoms with van der Waals surface area (Å²) in [4.78, 5) is -0.371. The fourth-order valence-electron chi connectivity index (χ4n) is 1.63. The Morgan fingerprint density at radius 2 is 1.82 bits per heavy atom.